The van der Waals surface area contributed by atoms with Crippen LogP contribution in [0.1, 0.15) is 54.0 Å². The normalized spacial score (nSPS) is 24.8. The molecule has 2 aromatic rings. The monoisotopic (exact) mass is 547 g/mol. The van der Waals surface area contributed by atoms with Gasteiger partial charge in [0.15, 0.2) is 0 Å². The molecular weight excluding hydrogens is 523 g/mol. The van der Waals surface area contributed by atoms with Crippen LogP contribution in [0, 0.1) is 11.7 Å². The van der Waals surface area contributed by atoms with Crippen LogP contribution in [-0.2, 0) is 31.4 Å². The van der Waals surface area contributed by atoms with Crippen LogP contribution in [0.4, 0.5) is 30.7 Å². The quantitative estimate of drug-likeness (QED) is 0.266. The van der Waals surface area contributed by atoms with Gasteiger partial charge in [-0.05, 0) is 61.2 Å². The number of hydrogen-bond donors (Lipinski definition) is 0. The largest absolute Gasteiger partial charge is 0.468 e. The summed E-state index contributed by atoms with van der Waals surface area (Å²) >= 11 is 0. The van der Waals surface area contributed by atoms with E-state index in [1.54, 1.807) is 0 Å². The zero-order valence-electron chi connectivity index (χ0n) is 20.3. The second kappa shape index (κ2) is 10.2. The van der Waals surface area contributed by atoms with Gasteiger partial charge in [-0.2, -0.15) is 26.3 Å². The Morgan fingerprint density at radius 2 is 1.55 bits per heavy atom. The number of methoxy groups -OCH3 is 1. The number of carbonyl (C=O) groups is 2. The van der Waals surface area contributed by atoms with Crippen LogP contribution in [0.2, 0.25) is 0 Å². The molecule has 0 saturated carbocycles. The van der Waals surface area contributed by atoms with Crippen LogP contribution in [0.25, 0.3) is 0 Å². The smallest absolute Gasteiger partial charge is 0.416 e. The lowest BCUT2D eigenvalue weighted by atomic mass is 9.83. The maximum absolute atomic E-state index is 13.6. The molecule has 4 rings (SSSR count). The van der Waals surface area contributed by atoms with Crippen LogP contribution in [-0.4, -0.2) is 42.6 Å². The Kier molecular flexibility index (Phi) is 7.48. The first-order chi connectivity index (χ1) is 17.7. The van der Waals surface area contributed by atoms with Gasteiger partial charge in [0.2, 0.25) is 5.91 Å². The molecule has 38 heavy (non-hydrogen) atoms. The number of benzene rings is 2. The van der Waals surface area contributed by atoms with Crippen molar-refractivity contribution < 1.29 is 49.8 Å². The Hall–Kier alpha value is -3.15. The van der Waals surface area contributed by atoms with E-state index in [9.17, 15) is 40.3 Å². The van der Waals surface area contributed by atoms with E-state index in [0.717, 1.165) is 7.11 Å². The first-order valence-corrected chi connectivity index (χ1v) is 11.8. The van der Waals surface area contributed by atoms with Gasteiger partial charge in [0, 0.05) is 18.5 Å². The van der Waals surface area contributed by atoms with Gasteiger partial charge >= 0.3 is 18.3 Å². The van der Waals surface area contributed by atoms with E-state index in [-0.39, 0.29) is 24.6 Å². The molecule has 0 aliphatic carbocycles. The lowest BCUT2D eigenvalue weighted by Crippen LogP contribution is -2.48. The SMILES string of the molecule is COC(=O)C1CC[C@H]2[C@H](c3ccc(F)cc3)[C@@H](O[C@H](C)c3cc(C(F)(F)F)cc(C(F)(F)F)c3)CN2C1=O. The summed E-state index contributed by atoms with van der Waals surface area (Å²) in [6, 6.07) is 6.19. The highest BCUT2D eigenvalue weighted by atomic mass is 19.4. The molecule has 1 unspecified atom stereocenters. The standard InChI is InChI=1S/C26H24F7NO4/c1-13(15-9-16(25(28,29)30)11-17(10-15)26(31,32)33)38-21-12-34-20(8-7-19(23(34)35)24(36)37-2)22(21)14-3-5-18(27)6-4-14/h3-6,9-11,13,19-22H,7-8,12H2,1-2H3/t13-,19?,20+,21+,22+/m1/s1. The number of esters is 1. The van der Waals surface area contributed by atoms with Gasteiger partial charge in [-0.1, -0.05) is 12.1 Å². The summed E-state index contributed by atoms with van der Waals surface area (Å²) in [7, 11) is 1.16. The van der Waals surface area contributed by atoms with Gasteiger partial charge < -0.3 is 14.4 Å². The number of carbonyl (C=O) groups excluding carboxylic acids is 2. The molecule has 0 bridgehead atoms. The first kappa shape index (κ1) is 27.9. The van der Waals surface area contributed by atoms with Crippen molar-refractivity contribution in [1.29, 1.82) is 0 Å². The van der Waals surface area contributed by atoms with Crippen molar-refractivity contribution in [1.82, 2.24) is 4.90 Å². The predicted molar refractivity (Wildman–Crippen MR) is 119 cm³/mol. The number of fused-ring (bicyclic) bond motifs is 1. The molecule has 2 fully saturated rings. The predicted octanol–water partition coefficient (Wildman–Crippen LogP) is 5.89. The van der Waals surface area contributed by atoms with Gasteiger partial charge in [-0.3, -0.25) is 9.59 Å². The minimum Gasteiger partial charge on any atom is -0.468 e. The molecule has 2 aliphatic heterocycles. The number of halogens is 7. The highest BCUT2D eigenvalue weighted by molar-refractivity contribution is 5.98. The molecule has 2 heterocycles. The second-order valence-corrected chi connectivity index (χ2v) is 9.44. The second-order valence-electron chi connectivity index (χ2n) is 9.44. The number of amides is 1. The van der Waals surface area contributed by atoms with Gasteiger partial charge in [0.25, 0.3) is 0 Å². The van der Waals surface area contributed by atoms with Crippen molar-refractivity contribution in [3.63, 3.8) is 0 Å². The van der Waals surface area contributed by atoms with Crippen molar-refractivity contribution in [3.8, 4) is 0 Å². The van der Waals surface area contributed by atoms with Crippen molar-refractivity contribution in [3.05, 3.63) is 70.5 Å². The molecule has 0 N–H and O–H groups in total. The lowest BCUT2D eigenvalue weighted by Gasteiger charge is -2.35. The summed E-state index contributed by atoms with van der Waals surface area (Å²) in [6.45, 7) is 1.27. The summed E-state index contributed by atoms with van der Waals surface area (Å²) in [6.07, 6.45) is -11.6. The molecule has 1 amide bonds. The number of rotatable bonds is 5. The highest BCUT2D eigenvalue weighted by Crippen LogP contribution is 2.44. The molecule has 206 valence electrons. The summed E-state index contributed by atoms with van der Waals surface area (Å²) in [5, 5.41) is 0. The maximum Gasteiger partial charge on any atom is 0.416 e. The Morgan fingerprint density at radius 3 is 2.08 bits per heavy atom. The highest BCUT2D eigenvalue weighted by Gasteiger charge is 2.51. The Labute approximate surface area is 213 Å². The Balaban J connectivity index is 1.68. The summed E-state index contributed by atoms with van der Waals surface area (Å²) in [4.78, 5) is 26.6. The van der Waals surface area contributed by atoms with Gasteiger partial charge in [-0.25, -0.2) is 4.39 Å². The molecule has 0 spiro atoms. The molecular formula is C26H24F7NO4. The van der Waals surface area contributed by atoms with E-state index in [4.69, 9.17) is 9.47 Å². The van der Waals surface area contributed by atoms with Gasteiger partial charge in [0.1, 0.15) is 11.7 Å². The van der Waals surface area contributed by atoms with E-state index in [2.05, 4.69) is 0 Å². The van der Waals surface area contributed by atoms with Crippen molar-refractivity contribution in [2.24, 2.45) is 5.92 Å². The van der Waals surface area contributed by atoms with Crippen molar-refractivity contribution >= 4 is 11.9 Å². The number of nitrogens with zero attached hydrogens (tertiary/aromatic N) is 1. The van der Waals surface area contributed by atoms with Gasteiger partial charge in [0.05, 0.1) is 30.4 Å². The van der Waals surface area contributed by atoms with E-state index in [1.807, 2.05) is 0 Å². The fraction of sp³-hybridized carbons (Fsp3) is 0.462. The van der Waals surface area contributed by atoms with Crippen LogP contribution >= 0.6 is 0 Å². The van der Waals surface area contributed by atoms with Crippen molar-refractivity contribution in [2.75, 3.05) is 13.7 Å². The van der Waals surface area contributed by atoms with E-state index in [0.29, 0.717) is 24.1 Å². The number of hydrogen-bond acceptors (Lipinski definition) is 4. The molecule has 2 saturated heterocycles. The number of alkyl halides is 6. The van der Waals surface area contributed by atoms with Gasteiger partial charge in [-0.15, -0.1) is 0 Å². The summed E-state index contributed by atoms with van der Waals surface area (Å²) in [5.41, 5.74) is -2.69. The third-order valence-corrected chi connectivity index (χ3v) is 7.12. The van der Waals surface area contributed by atoms with E-state index >= 15 is 0 Å². The number of ether oxygens (including phenoxy) is 2. The fourth-order valence-corrected chi connectivity index (χ4v) is 5.30. The van der Waals surface area contributed by atoms with Crippen molar-refractivity contribution in [2.45, 2.75) is 56.3 Å². The van der Waals surface area contributed by atoms with E-state index < -0.39 is 71.3 Å². The Bertz CT molecular complexity index is 1160. The molecule has 0 radical (unpaired) electrons. The molecule has 0 aromatic heterocycles. The third-order valence-electron chi connectivity index (χ3n) is 7.12. The third kappa shape index (κ3) is 5.50. The zero-order valence-corrected chi connectivity index (χ0v) is 20.3. The van der Waals surface area contributed by atoms with E-state index in [1.165, 1.54) is 36.1 Å². The average molecular weight is 547 g/mol. The molecule has 5 atom stereocenters. The summed E-state index contributed by atoms with van der Waals surface area (Å²) in [5.74, 6) is -3.30. The molecule has 12 heteroatoms. The average Bonchev–Trinajstić information content (AvgIpc) is 3.21. The first-order valence-electron chi connectivity index (χ1n) is 11.8. The van der Waals surface area contributed by atoms with Crippen LogP contribution in [0.5, 0.6) is 0 Å². The minimum absolute atomic E-state index is 0.0407. The van der Waals surface area contributed by atoms with Crippen LogP contribution in [0.3, 0.4) is 0 Å². The van der Waals surface area contributed by atoms with Crippen LogP contribution < -0.4 is 0 Å². The minimum atomic E-state index is -5.02. The Morgan fingerprint density at radius 1 is 0.974 bits per heavy atom. The lowest BCUT2D eigenvalue weighted by molar-refractivity contribution is -0.157. The fourth-order valence-electron chi connectivity index (χ4n) is 5.30. The van der Waals surface area contributed by atoms with Crippen LogP contribution in [0.15, 0.2) is 42.5 Å². The summed E-state index contributed by atoms with van der Waals surface area (Å²) < 4.78 is 105. The molecule has 2 aliphatic rings. The maximum atomic E-state index is 13.6. The topological polar surface area (TPSA) is 55.8 Å². The number of piperidine rings is 1. The molecule has 5 nitrogen and oxygen atoms in total. The molecule has 2 aromatic carbocycles. The zero-order chi connectivity index (χ0) is 28.0.